The number of nitrogens with one attached hydrogen (secondary N) is 1. The van der Waals surface area contributed by atoms with Crippen LogP contribution in [0.3, 0.4) is 0 Å². The molecule has 2 aromatic heterocycles. The van der Waals surface area contributed by atoms with Crippen LogP contribution < -0.4 is 16.0 Å². The molecule has 7 nitrogen and oxygen atoms in total. The van der Waals surface area contributed by atoms with Crippen LogP contribution in [-0.4, -0.2) is 27.4 Å². The van der Waals surface area contributed by atoms with Crippen molar-refractivity contribution in [1.82, 2.24) is 15.0 Å². The van der Waals surface area contributed by atoms with Gasteiger partial charge in [-0.2, -0.15) is 0 Å². The predicted octanol–water partition coefficient (Wildman–Crippen LogP) is 2.58. The van der Waals surface area contributed by atoms with Crippen molar-refractivity contribution in [2.75, 3.05) is 22.5 Å². The van der Waals surface area contributed by atoms with Crippen molar-refractivity contribution in [3.63, 3.8) is 0 Å². The lowest BCUT2D eigenvalue weighted by Gasteiger charge is -2.29. The summed E-state index contributed by atoms with van der Waals surface area (Å²) in [5, 5.41) is 2.93. The maximum atomic E-state index is 12.6. The van der Waals surface area contributed by atoms with E-state index in [0.29, 0.717) is 18.1 Å². The number of carbonyl (C=O) groups is 1. The normalized spacial score (nSPS) is 13.1. The smallest absolute Gasteiger partial charge is 0.255 e. The molecule has 3 heterocycles. The molecule has 0 fully saturated rings. The van der Waals surface area contributed by atoms with Crippen LogP contribution in [0.5, 0.6) is 0 Å². The van der Waals surface area contributed by atoms with E-state index in [2.05, 4.69) is 25.2 Å². The maximum absolute atomic E-state index is 12.6. The zero-order valence-electron chi connectivity index (χ0n) is 15.0. The Morgan fingerprint density at radius 2 is 2.11 bits per heavy atom. The minimum absolute atomic E-state index is 0.155. The fourth-order valence-corrected chi connectivity index (χ4v) is 3.19. The lowest BCUT2D eigenvalue weighted by molar-refractivity contribution is 0.102. The summed E-state index contributed by atoms with van der Waals surface area (Å²) in [6, 6.07) is 11.3. The van der Waals surface area contributed by atoms with Crippen molar-refractivity contribution < 1.29 is 4.79 Å². The Kier molecular flexibility index (Phi) is 4.42. The Balaban J connectivity index is 1.52. The number of hydrogen-bond acceptors (Lipinski definition) is 6. The second-order valence-electron chi connectivity index (χ2n) is 6.60. The van der Waals surface area contributed by atoms with E-state index in [1.165, 1.54) is 0 Å². The molecule has 1 aliphatic rings. The van der Waals surface area contributed by atoms with Gasteiger partial charge in [-0.25, -0.2) is 15.0 Å². The van der Waals surface area contributed by atoms with Crippen molar-refractivity contribution in [3.8, 4) is 0 Å². The van der Waals surface area contributed by atoms with E-state index in [0.717, 1.165) is 41.3 Å². The number of anilines is 3. The molecule has 1 amide bonds. The van der Waals surface area contributed by atoms with Crippen LogP contribution in [0, 0.1) is 6.92 Å². The number of fused-ring (bicyclic) bond motifs is 1. The first-order valence-electron chi connectivity index (χ1n) is 8.78. The van der Waals surface area contributed by atoms with E-state index in [1.807, 2.05) is 37.3 Å². The quantitative estimate of drug-likeness (QED) is 0.745. The lowest BCUT2D eigenvalue weighted by Crippen LogP contribution is -2.32. The molecule has 1 aromatic carbocycles. The van der Waals surface area contributed by atoms with Crippen molar-refractivity contribution in [2.24, 2.45) is 0 Å². The number of amides is 1. The van der Waals surface area contributed by atoms with Gasteiger partial charge in [0, 0.05) is 48.7 Å². The van der Waals surface area contributed by atoms with Crippen LogP contribution in [0.4, 0.5) is 17.5 Å². The molecule has 0 atom stereocenters. The zero-order valence-corrected chi connectivity index (χ0v) is 15.0. The second kappa shape index (κ2) is 7.03. The van der Waals surface area contributed by atoms with E-state index in [1.54, 1.807) is 18.5 Å². The number of rotatable bonds is 3. The molecule has 4 rings (SSSR count). The van der Waals surface area contributed by atoms with Crippen molar-refractivity contribution in [2.45, 2.75) is 19.9 Å². The average Bonchev–Trinajstić information content (AvgIpc) is 2.67. The standard InChI is InChI=1S/C20H20N6O/c1-13-3-2-4-16(9-13)24-19(27)14-5-7-22-18(10-14)26-8-6-17-15(12-26)11-23-20(21)25-17/h2-5,7,9-11H,6,8,12H2,1H3,(H,24,27)(H2,21,23,25). The number of nitrogen functional groups attached to an aromatic ring is 1. The SMILES string of the molecule is Cc1cccc(NC(=O)c2ccnc(N3CCc4nc(N)ncc4C3)c2)c1. The van der Waals surface area contributed by atoms with Gasteiger partial charge in [0.15, 0.2) is 0 Å². The maximum Gasteiger partial charge on any atom is 0.255 e. The molecule has 3 N–H and O–H groups in total. The van der Waals surface area contributed by atoms with Crippen molar-refractivity contribution >= 4 is 23.4 Å². The van der Waals surface area contributed by atoms with Gasteiger partial charge >= 0.3 is 0 Å². The monoisotopic (exact) mass is 360 g/mol. The van der Waals surface area contributed by atoms with Gasteiger partial charge in [0.25, 0.3) is 5.91 Å². The van der Waals surface area contributed by atoms with Gasteiger partial charge in [-0.3, -0.25) is 4.79 Å². The van der Waals surface area contributed by atoms with Crippen molar-refractivity contribution in [3.05, 3.63) is 71.2 Å². The number of benzene rings is 1. The molecule has 0 bridgehead atoms. The number of pyridine rings is 1. The highest BCUT2D eigenvalue weighted by Gasteiger charge is 2.20. The van der Waals surface area contributed by atoms with Gasteiger partial charge in [0.05, 0.1) is 5.69 Å². The molecule has 0 saturated carbocycles. The number of carbonyl (C=O) groups excluding carboxylic acids is 1. The summed E-state index contributed by atoms with van der Waals surface area (Å²) in [6.45, 7) is 3.40. The van der Waals surface area contributed by atoms with Crippen LogP contribution in [0.15, 0.2) is 48.8 Å². The van der Waals surface area contributed by atoms with Gasteiger partial charge in [-0.05, 0) is 36.8 Å². The molecule has 1 aliphatic heterocycles. The Morgan fingerprint density at radius 3 is 2.96 bits per heavy atom. The highest BCUT2D eigenvalue weighted by atomic mass is 16.1. The van der Waals surface area contributed by atoms with E-state index in [4.69, 9.17) is 5.73 Å². The first-order chi connectivity index (χ1) is 13.1. The Morgan fingerprint density at radius 1 is 1.22 bits per heavy atom. The number of hydrogen-bond donors (Lipinski definition) is 2. The highest BCUT2D eigenvalue weighted by molar-refractivity contribution is 6.04. The van der Waals surface area contributed by atoms with Crippen LogP contribution in [0.1, 0.15) is 27.2 Å². The largest absolute Gasteiger partial charge is 0.368 e. The van der Waals surface area contributed by atoms with Gasteiger partial charge in [-0.15, -0.1) is 0 Å². The van der Waals surface area contributed by atoms with E-state index >= 15 is 0 Å². The molecule has 0 unspecified atom stereocenters. The highest BCUT2D eigenvalue weighted by Crippen LogP contribution is 2.23. The molecule has 0 spiro atoms. The number of nitrogens with two attached hydrogens (primary N) is 1. The summed E-state index contributed by atoms with van der Waals surface area (Å²) in [5.41, 5.74) is 10.1. The van der Waals surface area contributed by atoms with Gasteiger partial charge < -0.3 is 16.0 Å². The fraction of sp³-hybridized carbons (Fsp3) is 0.200. The number of nitrogens with zero attached hydrogens (tertiary/aromatic N) is 4. The molecule has 0 aliphatic carbocycles. The third-order valence-electron chi connectivity index (χ3n) is 4.56. The summed E-state index contributed by atoms with van der Waals surface area (Å²) in [5.74, 6) is 0.905. The third kappa shape index (κ3) is 3.72. The summed E-state index contributed by atoms with van der Waals surface area (Å²) >= 11 is 0. The van der Waals surface area contributed by atoms with Gasteiger partial charge in [0.2, 0.25) is 5.95 Å². The fourth-order valence-electron chi connectivity index (χ4n) is 3.19. The van der Waals surface area contributed by atoms with Crippen LogP contribution in [-0.2, 0) is 13.0 Å². The minimum Gasteiger partial charge on any atom is -0.368 e. The molecular weight excluding hydrogens is 340 g/mol. The van der Waals surface area contributed by atoms with Gasteiger partial charge in [0.1, 0.15) is 5.82 Å². The van der Waals surface area contributed by atoms with E-state index in [9.17, 15) is 4.79 Å². The molecule has 0 radical (unpaired) electrons. The van der Waals surface area contributed by atoms with Crippen LogP contribution >= 0.6 is 0 Å². The topological polar surface area (TPSA) is 97.0 Å². The zero-order chi connectivity index (χ0) is 18.8. The number of aryl methyl sites for hydroxylation is 1. The lowest BCUT2D eigenvalue weighted by atomic mass is 10.1. The molecule has 27 heavy (non-hydrogen) atoms. The predicted molar refractivity (Wildman–Crippen MR) is 105 cm³/mol. The Labute approximate surface area is 157 Å². The summed E-state index contributed by atoms with van der Waals surface area (Å²) < 4.78 is 0. The minimum atomic E-state index is -0.155. The van der Waals surface area contributed by atoms with Crippen LogP contribution in [0.25, 0.3) is 0 Å². The summed E-state index contributed by atoms with van der Waals surface area (Å²) in [4.78, 5) is 27.5. The van der Waals surface area contributed by atoms with E-state index < -0.39 is 0 Å². The molecule has 7 heteroatoms. The average molecular weight is 360 g/mol. The van der Waals surface area contributed by atoms with E-state index in [-0.39, 0.29) is 5.91 Å². The molecule has 3 aromatic rings. The summed E-state index contributed by atoms with van der Waals surface area (Å²) in [7, 11) is 0. The Hall–Kier alpha value is -3.48. The van der Waals surface area contributed by atoms with Crippen LogP contribution in [0.2, 0.25) is 0 Å². The van der Waals surface area contributed by atoms with Gasteiger partial charge in [-0.1, -0.05) is 12.1 Å². The molecular formula is C20H20N6O. The second-order valence-corrected chi connectivity index (χ2v) is 6.60. The number of aromatic nitrogens is 3. The molecule has 136 valence electrons. The summed E-state index contributed by atoms with van der Waals surface area (Å²) in [6.07, 6.45) is 4.19. The first-order valence-corrected chi connectivity index (χ1v) is 8.78. The van der Waals surface area contributed by atoms with Crippen molar-refractivity contribution in [1.29, 1.82) is 0 Å². The third-order valence-corrected chi connectivity index (χ3v) is 4.56. The molecule has 0 saturated heterocycles. The first kappa shape index (κ1) is 17.0. The Bertz CT molecular complexity index is 1000.